The van der Waals surface area contributed by atoms with Crippen LogP contribution in [-0.2, 0) is 28.6 Å². The zero-order valence-corrected chi connectivity index (χ0v) is 34.2. The van der Waals surface area contributed by atoms with Crippen LogP contribution in [0.25, 0.3) is 0 Å². The molecular weight excluding hydrogens is 670 g/mol. The van der Waals surface area contributed by atoms with E-state index in [0.29, 0.717) is 72.0 Å². The molecule has 0 spiro atoms. The van der Waals surface area contributed by atoms with E-state index in [2.05, 4.69) is 31.7 Å². The molecule has 10 nitrogen and oxygen atoms in total. The van der Waals surface area contributed by atoms with Gasteiger partial charge in [0.15, 0.2) is 6.10 Å². The number of carbonyl (C=O) groups is 4. The average molecular weight is 747 g/mol. The van der Waals surface area contributed by atoms with Crippen molar-refractivity contribution in [3.63, 3.8) is 0 Å². The lowest BCUT2D eigenvalue weighted by molar-refractivity contribution is -0.893. The van der Waals surface area contributed by atoms with Crippen LogP contribution in [0.3, 0.4) is 0 Å². The molecule has 2 N–H and O–H groups in total. The number of ether oxygens (including phenoxy) is 3. The summed E-state index contributed by atoms with van der Waals surface area (Å²) in [6, 6.07) is 0.396. The summed E-state index contributed by atoms with van der Waals surface area (Å²) in [6.45, 7) is 7.69. The Morgan fingerprint density at radius 1 is 0.642 bits per heavy atom. The number of likely N-dealkylation sites (N-methyl/N-ethyl adjacent to an activating group) is 1. The molecule has 10 heteroatoms. The largest absolute Gasteiger partial charge is 0.466 e. The molecule has 9 unspecified atom stereocenters. The fraction of sp³-hybridized carbons (Fsp3) is 0.907. The van der Waals surface area contributed by atoms with Crippen LogP contribution in [0, 0.1) is 35.5 Å². The number of alkyl carbamates (subject to hydrolysis) is 1. The van der Waals surface area contributed by atoms with Gasteiger partial charge in [-0.25, -0.2) is 4.79 Å². The minimum Gasteiger partial charge on any atom is -0.466 e. The Morgan fingerprint density at radius 2 is 1.13 bits per heavy atom. The SMILES string of the molecule is CCC[N+](C)(C)CC(COC(=O)NC1CCCC(CC2CCCC(NC(C)=O)C2)C1)OC(=O)CC1CCCC(CC2CCCC(CC(=O)OCC)C2)C1. The van der Waals surface area contributed by atoms with Crippen molar-refractivity contribution in [2.45, 2.75) is 174 Å². The van der Waals surface area contributed by atoms with Crippen molar-refractivity contribution < 1.29 is 37.9 Å². The van der Waals surface area contributed by atoms with Crippen molar-refractivity contribution in [3.05, 3.63) is 0 Å². The highest BCUT2D eigenvalue weighted by Gasteiger charge is 2.33. The van der Waals surface area contributed by atoms with Crippen molar-refractivity contribution in [2.24, 2.45) is 35.5 Å². The first-order valence-corrected chi connectivity index (χ1v) is 21.8. The molecule has 4 rings (SSSR count). The number of quaternary nitrogens is 1. The molecule has 0 radical (unpaired) electrons. The third-order valence-electron chi connectivity index (χ3n) is 12.9. The van der Waals surface area contributed by atoms with Gasteiger partial charge in [-0.15, -0.1) is 0 Å². The molecule has 4 aliphatic carbocycles. The van der Waals surface area contributed by atoms with Crippen LogP contribution in [0.4, 0.5) is 4.79 Å². The van der Waals surface area contributed by atoms with Gasteiger partial charge in [-0.1, -0.05) is 58.3 Å². The maximum atomic E-state index is 13.4. The van der Waals surface area contributed by atoms with E-state index in [1.807, 2.05) is 6.92 Å². The molecule has 2 amide bonds. The number of hydrogen-bond acceptors (Lipinski definition) is 7. The number of hydrogen-bond donors (Lipinski definition) is 2. The Kier molecular flexibility index (Phi) is 18.2. The van der Waals surface area contributed by atoms with Crippen LogP contribution >= 0.6 is 0 Å². The summed E-state index contributed by atoms with van der Waals surface area (Å²) in [5, 5.41) is 6.28. The lowest BCUT2D eigenvalue weighted by atomic mass is 9.71. The molecule has 0 aliphatic heterocycles. The molecule has 0 bridgehead atoms. The Morgan fingerprint density at radius 3 is 1.66 bits per heavy atom. The molecule has 4 fully saturated rings. The smallest absolute Gasteiger partial charge is 0.407 e. The van der Waals surface area contributed by atoms with E-state index in [0.717, 1.165) is 83.6 Å². The second kappa shape index (κ2) is 22.3. The van der Waals surface area contributed by atoms with Crippen molar-refractivity contribution >= 4 is 23.9 Å². The lowest BCUT2D eigenvalue weighted by Crippen LogP contribution is -2.49. The molecule has 9 atom stereocenters. The maximum Gasteiger partial charge on any atom is 0.407 e. The summed E-state index contributed by atoms with van der Waals surface area (Å²) < 4.78 is 17.8. The van der Waals surface area contributed by atoms with Crippen LogP contribution in [0.5, 0.6) is 0 Å². The van der Waals surface area contributed by atoms with E-state index in [4.69, 9.17) is 14.2 Å². The predicted octanol–water partition coefficient (Wildman–Crippen LogP) is 8.10. The normalized spacial score (nSPS) is 30.1. The van der Waals surface area contributed by atoms with Crippen LogP contribution in [0.2, 0.25) is 0 Å². The van der Waals surface area contributed by atoms with Gasteiger partial charge in [0.1, 0.15) is 13.2 Å². The number of esters is 2. The number of rotatable bonds is 18. The molecule has 0 heterocycles. The summed E-state index contributed by atoms with van der Waals surface area (Å²) >= 11 is 0. The van der Waals surface area contributed by atoms with Gasteiger partial charge in [0.2, 0.25) is 5.91 Å². The summed E-state index contributed by atoms with van der Waals surface area (Å²) in [4.78, 5) is 50.2. The quantitative estimate of drug-likeness (QED) is 0.0827. The molecule has 4 aliphatic rings. The van der Waals surface area contributed by atoms with E-state index >= 15 is 0 Å². The van der Waals surface area contributed by atoms with Crippen LogP contribution in [0.1, 0.15) is 156 Å². The molecule has 0 saturated heterocycles. The van der Waals surface area contributed by atoms with E-state index in [1.165, 1.54) is 44.9 Å². The number of nitrogens with zero attached hydrogens (tertiary/aromatic N) is 1. The second-order valence-corrected chi connectivity index (χ2v) is 18.3. The third-order valence-corrected chi connectivity index (χ3v) is 12.9. The van der Waals surface area contributed by atoms with Crippen LogP contribution in [-0.4, -0.2) is 87.0 Å². The first-order chi connectivity index (χ1) is 25.4. The van der Waals surface area contributed by atoms with Gasteiger partial charge in [0, 0.05) is 31.8 Å². The number of carbonyl (C=O) groups excluding carboxylic acids is 4. The third kappa shape index (κ3) is 16.5. The first kappa shape index (κ1) is 43.4. The van der Waals surface area contributed by atoms with Crippen molar-refractivity contribution in [1.29, 1.82) is 0 Å². The Balaban J connectivity index is 1.22. The van der Waals surface area contributed by atoms with Crippen molar-refractivity contribution in [2.75, 3.05) is 40.4 Å². The molecule has 53 heavy (non-hydrogen) atoms. The standard InChI is InChI=1S/C43H75N3O7/c1-6-20-46(4,5)29-40(30-52-43(50)45-39-19-11-17-35(26-39)24-34-16-10-18-38(25-34)44-31(3)47)53-42(49)28-37-15-9-13-33(23-37)21-32-12-8-14-36(22-32)27-41(48)51-7-2/h32-40H,6-30H2,1-5H3,(H-,44,45,47,50)/p+1. The van der Waals surface area contributed by atoms with Crippen molar-refractivity contribution in [1.82, 2.24) is 10.6 Å². The summed E-state index contributed by atoms with van der Waals surface area (Å²) in [7, 11) is 4.29. The van der Waals surface area contributed by atoms with Gasteiger partial charge in [0.05, 0.1) is 27.2 Å². The topological polar surface area (TPSA) is 120 Å². The van der Waals surface area contributed by atoms with Crippen LogP contribution < -0.4 is 10.6 Å². The van der Waals surface area contributed by atoms with E-state index < -0.39 is 12.2 Å². The molecule has 0 aromatic rings. The van der Waals surface area contributed by atoms with Crippen LogP contribution in [0.15, 0.2) is 0 Å². The predicted molar refractivity (Wildman–Crippen MR) is 208 cm³/mol. The van der Waals surface area contributed by atoms with E-state index in [9.17, 15) is 19.2 Å². The summed E-state index contributed by atoms with van der Waals surface area (Å²) in [5.74, 6) is 3.08. The van der Waals surface area contributed by atoms with Gasteiger partial charge >= 0.3 is 18.0 Å². The average Bonchev–Trinajstić information content (AvgIpc) is 3.07. The van der Waals surface area contributed by atoms with Gasteiger partial charge in [0.25, 0.3) is 0 Å². The molecule has 304 valence electrons. The molecule has 4 saturated carbocycles. The summed E-state index contributed by atoms with van der Waals surface area (Å²) in [5.41, 5.74) is 0. The molecular formula is C43H76N3O7+. The highest BCUT2D eigenvalue weighted by molar-refractivity contribution is 5.73. The fourth-order valence-corrected chi connectivity index (χ4v) is 10.8. The number of amides is 2. The van der Waals surface area contributed by atoms with Gasteiger partial charge in [-0.05, 0) is 113 Å². The monoisotopic (exact) mass is 747 g/mol. The Bertz CT molecular complexity index is 1150. The maximum absolute atomic E-state index is 13.4. The van der Waals surface area contributed by atoms with E-state index in [-0.39, 0.29) is 30.5 Å². The Hall–Kier alpha value is -2.36. The molecule has 0 aromatic carbocycles. The highest BCUT2D eigenvalue weighted by Crippen LogP contribution is 2.41. The van der Waals surface area contributed by atoms with Gasteiger partial charge in [-0.2, -0.15) is 0 Å². The van der Waals surface area contributed by atoms with Gasteiger partial charge < -0.3 is 29.3 Å². The Labute approximate surface area is 321 Å². The van der Waals surface area contributed by atoms with E-state index in [1.54, 1.807) is 6.92 Å². The molecule has 0 aromatic heterocycles. The zero-order chi connectivity index (χ0) is 38.2. The number of nitrogens with one attached hydrogen (secondary N) is 2. The minimum atomic E-state index is -0.491. The highest BCUT2D eigenvalue weighted by atomic mass is 16.6. The summed E-state index contributed by atoms with van der Waals surface area (Å²) in [6.07, 6.45) is 21.3. The first-order valence-electron chi connectivity index (χ1n) is 21.8. The lowest BCUT2D eigenvalue weighted by Gasteiger charge is -2.35. The van der Waals surface area contributed by atoms with Crippen molar-refractivity contribution in [3.8, 4) is 0 Å². The minimum absolute atomic E-state index is 0.0569. The fourth-order valence-electron chi connectivity index (χ4n) is 10.8. The zero-order valence-electron chi connectivity index (χ0n) is 34.2. The van der Waals surface area contributed by atoms with Gasteiger partial charge in [-0.3, -0.25) is 14.4 Å². The second-order valence-electron chi connectivity index (χ2n) is 18.3.